The number of non-ortho nitro benzene ring substituents is 1. The molecule has 130 valence electrons. The van der Waals surface area contributed by atoms with Crippen LogP contribution >= 0.6 is 0 Å². The summed E-state index contributed by atoms with van der Waals surface area (Å²) in [7, 11) is 0. The Morgan fingerprint density at radius 1 is 0.885 bits per heavy atom. The Balaban J connectivity index is 1.64. The van der Waals surface area contributed by atoms with Crippen LogP contribution in [0.1, 0.15) is 15.9 Å². The molecule has 3 rings (SSSR count). The third-order valence-electron chi connectivity index (χ3n) is 3.71. The normalized spacial score (nSPS) is 10.2. The highest BCUT2D eigenvalue weighted by molar-refractivity contribution is 6.04. The van der Waals surface area contributed by atoms with Gasteiger partial charge in [-0.1, -0.05) is 17.7 Å². The average molecular weight is 348 g/mol. The van der Waals surface area contributed by atoms with E-state index in [-0.39, 0.29) is 11.6 Å². The lowest BCUT2D eigenvalue weighted by Crippen LogP contribution is -2.11. The maximum Gasteiger partial charge on any atom is 0.269 e. The smallest absolute Gasteiger partial charge is 0.269 e. The Hall–Kier alpha value is -3.67. The van der Waals surface area contributed by atoms with E-state index in [1.807, 2.05) is 31.2 Å². The topological polar surface area (TPSA) is 81.5 Å². The van der Waals surface area contributed by atoms with Crippen molar-refractivity contribution < 1.29 is 14.5 Å². The van der Waals surface area contributed by atoms with E-state index in [0.717, 1.165) is 11.3 Å². The predicted octanol–water partition coefficient (Wildman–Crippen LogP) is 4.95. The molecule has 0 aliphatic rings. The molecule has 0 spiro atoms. The van der Waals surface area contributed by atoms with Crippen LogP contribution in [0, 0.1) is 17.0 Å². The molecule has 0 aliphatic heterocycles. The molecule has 0 saturated heterocycles. The van der Waals surface area contributed by atoms with Crippen LogP contribution in [-0.2, 0) is 0 Å². The van der Waals surface area contributed by atoms with Crippen LogP contribution in [-0.4, -0.2) is 10.8 Å². The van der Waals surface area contributed by atoms with E-state index in [4.69, 9.17) is 4.74 Å². The molecule has 0 saturated carbocycles. The van der Waals surface area contributed by atoms with E-state index in [1.165, 1.54) is 24.3 Å². The van der Waals surface area contributed by atoms with Crippen molar-refractivity contribution in [2.45, 2.75) is 6.92 Å². The Morgan fingerprint density at radius 2 is 1.42 bits per heavy atom. The molecule has 0 heterocycles. The van der Waals surface area contributed by atoms with Gasteiger partial charge in [-0.05, 0) is 55.5 Å². The van der Waals surface area contributed by atoms with Crippen molar-refractivity contribution in [1.82, 2.24) is 0 Å². The van der Waals surface area contributed by atoms with E-state index >= 15 is 0 Å². The summed E-state index contributed by atoms with van der Waals surface area (Å²) in [4.78, 5) is 22.4. The third-order valence-corrected chi connectivity index (χ3v) is 3.71. The molecule has 3 aromatic carbocycles. The SMILES string of the molecule is Cc1ccc(NC(=O)c2ccc(Oc3ccc([N+](=O)[O-])cc3)cc2)cc1. The van der Waals surface area contributed by atoms with Gasteiger partial charge in [0.25, 0.3) is 11.6 Å². The highest BCUT2D eigenvalue weighted by atomic mass is 16.6. The second kappa shape index (κ2) is 7.48. The van der Waals surface area contributed by atoms with Crippen molar-refractivity contribution in [1.29, 1.82) is 0 Å². The lowest BCUT2D eigenvalue weighted by molar-refractivity contribution is -0.384. The number of carbonyl (C=O) groups is 1. The Bertz CT molecular complexity index is 918. The molecule has 0 radical (unpaired) electrons. The van der Waals surface area contributed by atoms with Crippen LogP contribution in [0.3, 0.4) is 0 Å². The number of carbonyl (C=O) groups excluding carboxylic acids is 1. The second-order valence-electron chi connectivity index (χ2n) is 5.70. The monoisotopic (exact) mass is 348 g/mol. The summed E-state index contributed by atoms with van der Waals surface area (Å²) in [6.07, 6.45) is 0. The quantitative estimate of drug-likeness (QED) is 0.522. The highest BCUT2D eigenvalue weighted by Gasteiger charge is 2.08. The van der Waals surface area contributed by atoms with Gasteiger partial charge >= 0.3 is 0 Å². The van der Waals surface area contributed by atoms with Crippen molar-refractivity contribution in [3.05, 3.63) is 94.0 Å². The fourth-order valence-electron chi connectivity index (χ4n) is 2.29. The van der Waals surface area contributed by atoms with Crippen LogP contribution in [0.2, 0.25) is 0 Å². The van der Waals surface area contributed by atoms with Gasteiger partial charge in [0.05, 0.1) is 4.92 Å². The van der Waals surface area contributed by atoms with Crippen molar-refractivity contribution >= 4 is 17.3 Å². The first-order valence-corrected chi connectivity index (χ1v) is 7.92. The van der Waals surface area contributed by atoms with Crippen LogP contribution < -0.4 is 10.1 Å². The number of hydrogen-bond donors (Lipinski definition) is 1. The minimum atomic E-state index is -0.467. The molecule has 6 nitrogen and oxygen atoms in total. The summed E-state index contributed by atoms with van der Waals surface area (Å²) >= 11 is 0. The van der Waals surface area contributed by atoms with Crippen molar-refractivity contribution in [3.63, 3.8) is 0 Å². The van der Waals surface area contributed by atoms with Gasteiger partial charge in [0.2, 0.25) is 0 Å². The zero-order valence-corrected chi connectivity index (χ0v) is 14.0. The van der Waals surface area contributed by atoms with Gasteiger partial charge in [0, 0.05) is 23.4 Å². The predicted molar refractivity (Wildman–Crippen MR) is 98.7 cm³/mol. The highest BCUT2D eigenvalue weighted by Crippen LogP contribution is 2.24. The van der Waals surface area contributed by atoms with Gasteiger partial charge in [0.15, 0.2) is 0 Å². The van der Waals surface area contributed by atoms with Crippen molar-refractivity contribution in [2.75, 3.05) is 5.32 Å². The fraction of sp³-hybridized carbons (Fsp3) is 0.0500. The molecule has 0 atom stereocenters. The van der Waals surface area contributed by atoms with Gasteiger partial charge in [-0.15, -0.1) is 0 Å². The zero-order chi connectivity index (χ0) is 18.5. The summed E-state index contributed by atoms with van der Waals surface area (Å²) in [5.41, 5.74) is 2.35. The van der Waals surface area contributed by atoms with Crippen LogP contribution in [0.4, 0.5) is 11.4 Å². The standard InChI is InChI=1S/C20H16N2O4/c1-14-2-6-16(7-3-14)21-20(23)15-4-10-18(11-5-15)26-19-12-8-17(9-13-19)22(24)25/h2-13H,1H3,(H,21,23). The molecular formula is C20H16N2O4. The number of rotatable bonds is 5. The first-order valence-electron chi connectivity index (χ1n) is 7.92. The number of aryl methyl sites for hydroxylation is 1. The molecule has 0 bridgehead atoms. The summed E-state index contributed by atoms with van der Waals surface area (Å²) in [6, 6.07) is 20.0. The van der Waals surface area contributed by atoms with Gasteiger partial charge < -0.3 is 10.1 Å². The third kappa shape index (κ3) is 4.24. The maximum absolute atomic E-state index is 12.3. The Morgan fingerprint density at radius 3 is 1.96 bits per heavy atom. The summed E-state index contributed by atoms with van der Waals surface area (Å²) in [5.74, 6) is 0.800. The second-order valence-corrected chi connectivity index (χ2v) is 5.70. The summed E-state index contributed by atoms with van der Waals surface area (Å²) in [6.45, 7) is 1.98. The number of nitrogens with zero attached hydrogens (tertiary/aromatic N) is 1. The number of anilines is 1. The molecule has 0 unspecified atom stereocenters. The van der Waals surface area contributed by atoms with E-state index in [0.29, 0.717) is 17.1 Å². The fourth-order valence-corrected chi connectivity index (χ4v) is 2.29. The van der Waals surface area contributed by atoms with Crippen molar-refractivity contribution in [2.24, 2.45) is 0 Å². The summed E-state index contributed by atoms with van der Waals surface area (Å²) in [5, 5.41) is 13.5. The lowest BCUT2D eigenvalue weighted by Gasteiger charge is -2.08. The molecule has 6 heteroatoms. The van der Waals surface area contributed by atoms with Gasteiger partial charge in [0.1, 0.15) is 11.5 Å². The molecule has 0 fully saturated rings. The summed E-state index contributed by atoms with van der Waals surface area (Å²) < 4.78 is 5.62. The van der Waals surface area contributed by atoms with Gasteiger partial charge in [-0.2, -0.15) is 0 Å². The van der Waals surface area contributed by atoms with E-state index in [1.54, 1.807) is 24.3 Å². The van der Waals surface area contributed by atoms with Crippen LogP contribution in [0.15, 0.2) is 72.8 Å². The van der Waals surface area contributed by atoms with Gasteiger partial charge in [-0.25, -0.2) is 0 Å². The van der Waals surface area contributed by atoms with E-state index in [2.05, 4.69) is 5.32 Å². The molecule has 1 N–H and O–H groups in total. The van der Waals surface area contributed by atoms with Gasteiger partial charge in [-0.3, -0.25) is 14.9 Å². The number of benzene rings is 3. The van der Waals surface area contributed by atoms with Crippen molar-refractivity contribution in [3.8, 4) is 11.5 Å². The number of nitro groups is 1. The molecule has 0 aromatic heterocycles. The van der Waals surface area contributed by atoms with E-state index in [9.17, 15) is 14.9 Å². The minimum absolute atomic E-state index is 0.000440. The first-order chi connectivity index (χ1) is 12.5. The Kier molecular flexibility index (Phi) is 4.94. The number of nitrogens with one attached hydrogen (secondary N) is 1. The maximum atomic E-state index is 12.3. The first kappa shape index (κ1) is 17.2. The Labute approximate surface area is 150 Å². The number of hydrogen-bond acceptors (Lipinski definition) is 4. The molecular weight excluding hydrogens is 332 g/mol. The molecule has 3 aromatic rings. The zero-order valence-electron chi connectivity index (χ0n) is 14.0. The van der Waals surface area contributed by atoms with E-state index < -0.39 is 4.92 Å². The van der Waals surface area contributed by atoms with Crippen LogP contribution in [0.25, 0.3) is 0 Å². The van der Waals surface area contributed by atoms with Crippen LogP contribution in [0.5, 0.6) is 11.5 Å². The number of nitro benzene ring substituents is 1. The molecule has 0 aliphatic carbocycles. The minimum Gasteiger partial charge on any atom is -0.457 e. The molecule has 1 amide bonds. The number of ether oxygens (including phenoxy) is 1. The number of amides is 1. The lowest BCUT2D eigenvalue weighted by atomic mass is 10.2. The largest absolute Gasteiger partial charge is 0.457 e. The molecule has 26 heavy (non-hydrogen) atoms. The average Bonchev–Trinajstić information content (AvgIpc) is 2.64.